The van der Waals surface area contributed by atoms with Gasteiger partial charge in [0.2, 0.25) is 0 Å². The van der Waals surface area contributed by atoms with Crippen molar-refractivity contribution in [3.63, 3.8) is 0 Å². The molecule has 0 fully saturated rings. The molecule has 2 aliphatic heterocycles. The highest BCUT2D eigenvalue weighted by Gasteiger charge is 2.25. The van der Waals surface area contributed by atoms with Gasteiger partial charge in [0.25, 0.3) is 5.69 Å². The summed E-state index contributed by atoms with van der Waals surface area (Å²) in [5.74, 6) is 2.44. The van der Waals surface area contributed by atoms with Crippen molar-refractivity contribution < 1.29 is 54.5 Å². The quantitative estimate of drug-likeness (QED) is 0.0225. The second-order valence-corrected chi connectivity index (χ2v) is 26.4. The van der Waals surface area contributed by atoms with E-state index in [0.717, 1.165) is 103 Å². The number of aromatic nitrogens is 1. The topological polar surface area (TPSA) is 290 Å². The van der Waals surface area contributed by atoms with Gasteiger partial charge in [-0.05, 0) is 178 Å². The largest absolute Gasteiger partial charge is 0.497 e. The van der Waals surface area contributed by atoms with Crippen molar-refractivity contribution in [1.29, 1.82) is 5.26 Å². The second-order valence-electron chi connectivity index (χ2n) is 23.2. The number of aliphatic hydroxyl groups excluding tert-OH is 6. The van der Waals surface area contributed by atoms with E-state index >= 15 is 0 Å². The van der Waals surface area contributed by atoms with Crippen molar-refractivity contribution in [1.82, 2.24) is 4.98 Å². The number of aliphatic hydroxyl groups is 6. The molecule has 4 aromatic heterocycles. The van der Waals surface area contributed by atoms with Crippen molar-refractivity contribution in [2.24, 2.45) is 20.0 Å². The van der Waals surface area contributed by atoms with Crippen LogP contribution in [0.5, 0.6) is 23.0 Å². The Morgan fingerprint density at radius 2 is 1.14 bits per heavy atom. The maximum Gasteiger partial charge on any atom is 0.270 e. The zero-order valence-corrected chi connectivity index (χ0v) is 58.5. The number of non-ortho nitro benzene ring substituents is 1. The van der Waals surface area contributed by atoms with Crippen LogP contribution in [0.2, 0.25) is 0 Å². The molecule has 22 heteroatoms. The highest BCUT2D eigenvalue weighted by atomic mass is 32.1. The minimum Gasteiger partial charge on any atom is -0.497 e. The predicted molar refractivity (Wildman–Crippen MR) is 406 cm³/mol. The number of hydrogen-bond donors (Lipinski definition) is 7. The number of aliphatic imine (C=N–C) groups is 4. The summed E-state index contributed by atoms with van der Waals surface area (Å²) in [4.78, 5) is 35.2. The van der Waals surface area contributed by atoms with E-state index < -0.39 is 4.92 Å². The van der Waals surface area contributed by atoms with Crippen LogP contribution in [0.25, 0.3) is 64.5 Å². The molecule has 512 valence electrons. The molecule has 0 saturated carbocycles. The number of nitro groups is 1. The molecule has 101 heavy (non-hydrogen) atoms. The SMILES string of the molecule is COc1c(C)cc(/C(C#N)=C/c2c[nH]c3ccccc23)cc1CO.COc1cc(/C(C)=C\c2cc3cc([N+](=O)[O-])ccc3s2)cc(CO)c1CO.COc1cc(C2=NCN=C2c2cc3ccccc3s2)cc(CO)c1CO.COc1cc(CO)cc(C2=NCN=C2c2cc3ccccc3s2)c1. The number of aromatic amines is 1. The molecule has 0 atom stereocenters. The number of methoxy groups -OCH3 is 4. The molecule has 0 amide bonds. The third-order valence-corrected chi connectivity index (χ3v) is 20.2. The number of nitro benzene ring substituents is 1. The van der Waals surface area contributed by atoms with Crippen LogP contribution >= 0.6 is 34.0 Å². The van der Waals surface area contributed by atoms with Gasteiger partial charge in [-0.15, -0.1) is 34.0 Å². The van der Waals surface area contributed by atoms with E-state index in [1.807, 2.05) is 135 Å². The number of aryl methyl sites for hydroxylation is 1. The Balaban J connectivity index is 0.000000136. The third-order valence-electron chi connectivity index (χ3n) is 16.9. The number of benzene rings is 8. The fourth-order valence-electron chi connectivity index (χ4n) is 12.0. The van der Waals surface area contributed by atoms with Crippen LogP contribution in [-0.4, -0.2) is 105 Å². The van der Waals surface area contributed by atoms with E-state index in [4.69, 9.17) is 18.9 Å². The molecule has 0 radical (unpaired) electrons. The van der Waals surface area contributed by atoms with Gasteiger partial charge in [0.05, 0.1) is 106 Å². The van der Waals surface area contributed by atoms with Crippen molar-refractivity contribution in [2.45, 2.75) is 53.5 Å². The van der Waals surface area contributed by atoms with Gasteiger partial charge in [-0.1, -0.05) is 54.6 Å². The first-order chi connectivity index (χ1) is 49.2. The monoisotopic (exact) mass is 1410 g/mol. The highest BCUT2D eigenvalue weighted by molar-refractivity contribution is 7.22. The molecule has 0 spiro atoms. The van der Waals surface area contributed by atoms with Gasteiger partial charge >= 0.3 is 0 Å². The molecule has 0 aliphatic carbocycles. The lowest BCUT2D eigenvalue weighted by atomic mass is 9.98. The highest BCUT2D eigenvalue weighted by Crippen LogP contribution is 2.37. The van der Waals surface area contributed by atoms with Gasteiger partial charge in [-0.3, -0.25) is 30.1 Å². The van der Waals surface area contributed by atoms with Crippen LogP contribution in [0.1, 0.15) is 88.3 Å². The molecular weight excluding hydrogens is 1340 g/mol. The molecule has 7 N–H and O–H groups in total. The van der Waals surface area contributed by atoms with Crippen LogP contribution in [0.3, 0.4) is 0 Å². The van der Waals surface area contributed by atoms with Crippen LogP contribution in [0.15, 0.2) is 190 Å². The third kappa shape index (κ3) is 15.9. The first-order valence-electron chi connectivity index (χ1n) is 31.8. The number of para-hydroxylation sites is 1. The molecule has 0 unspecified atom stereocenters. The number of hydrogen-bond acceptors (Lipinski definition) is 20. The van der Waals surface area contributed by atoms with Crippen molar-refractivity contribution in [3.05, 3.63) is 261 Å². The van der Waals surface area contributed by atoms with E-state index in [0.29, 0.717) is 69.7 Å². The number of ether oxygens (including phenoxy) is 4. The van der Waals surface area contributed by atoms with Crippen molar-refractivity contribution in [3.8, 4) is 29.1 Å². The summed E-state index contributed by atoms with van der Waals surface area (Å²) < 4.78 is 24.8. The summed E-state index contributed by atoms with van der Waals surface area (Å²) >= 11 is 4.96. The molecule has 2 aliphatic rings. The summed E-state index contributed by atoms with van der Waals surface area (Å²) in [6, 6.07) is 54.6. The Hall–Kier alpha value is -10.8. The summed E-state index contributed by atoms with van der Waals surface area (Å²) in [5, 5.41) is 82.3. The summed E-state index contributed by atoms with van der Waals surface area (Å²) in [6.07, 6.45) is 5.75. The van der Waals surface area contributed by atoms with E-state index in [9.17, 15) is 46.0 Å². The average Bonchev–Trinajstić information content (AvgIpc) is 1.61. The minimum absolute atomic E-state index is 0.0349. The van der Waals surface area contributed by atoms with Crippen LogP contribution in [0, 0.1) is 28.4 Å². The molecule has 0 bridgehead atoms. The molecule has 6 heterocycles. The molecule has 0 saturated heterocycles. The number of nitrogens with zero attached hydrogens (tertiary/aromatic N) is 6. The Kier molecular flexibility index (Phi) is 23.3. The fraction of sp³-hybridized carbons (Fsp3) is 0.177. The summed E-state index contributed by atoms with van der Waals surface area (Å²) in [6.45, 7) is 3.73. The number of allylic oxidation sites excluding steroid dienone is 2. The lowest BCUT2D eigenvalue weighted by Gasteiger charge is -2.14. The molecule has 12 aromatic rings. The molecule has 14 rings (SSSR count). The lowest BCUT2D eigenvalue weighted by Crippen LogP contribution is -2.14. The summed E-state index contributed by atoms with van der Waals surface area (Å²) in [7, 11) is 6.28. The van der Waals surface area contributed by atoms with E-state index in [1.165, 1.54) is 33.3 Å². The van der Waals surface area contributed by atoms with Crippen LogP contribution in [0.4, 0.5) is 5.69 Å². The standard InChI is InChI=1S/C20H18N2O3S.C20H18N2O2.C20H19NO5S.C19H16N2O2S/c1-25-16-7-13(6-14(9-23)15(16)10-24)19-20(22-11-21-19)18-8-12-4-2-3-5-17(12)26-18;1-13-7-14(8-17(12-23)20(13)24-2)15(10-21)9-16-11-22-19-6-4-3-5-18(16)19;1-12(13-6-15(10-22)18(11-23)19(9-13)26-2)5-17-8-14-7-16(21(24)25)3-4-20(14)27-17;1-23-15-7-12(10-22)6-14(8-15)18-19(21-11-20-18)17-9-13-4-2-3-5-16(13)24-17/h2-8,23-24H,9-11H2,1H3;3-9,11,22-23H,12H2,1-2H3;3-9,22-23H,10-11H2,1-2H3;2-9,22H,10-11H2,1H3/b;15-9+;12-5-;. The number of nitriles is 1. The van der Waals surface area contributed by atoms with Crippen LogP contribution in [-0.2, 0) is 39.6 Å². The fourth-order valence-corrected chi connectivity index (χ4v) is 15.2. The smallest absolute Gasteiger partial charge is 0.270 e. The van der Waals surface area contributed by atoms with Gasteiger partial charge in [-0.2, -0.15) is 5.26 Å². The predicted octanol–water partition coefficient (Wildman–Crippen LogP) is 15.2. The number of fused-ring (bicyclic) bond motifs is 4. The number of H-pyrrole nitrogens is 1. The maximum atomic E-state index is 10.9. The van der Waals surface area contributed by atoms with E-state index in [2.05, 4.69) is 67.4 Å². The van der Waals surface area contributed by atoms with Crippen molar-refractivity contribution >= 4 is 127 Å². The Morgan fingerprint density at radius 3 is 1.71 bits per heavy atom. The first-order valence-corrected chi connectivity index (χ1v) is 34.2. The second kappa shape index (κ2) is 32.9. The zero-order chi connectivity index (χ0) is 71.3. The van der Waals surface area contributed by atoms with Gasteiger partial charge < -0.3 is 54.6 Å². The summed E-state index contributed by atoms with van der Waals surface area (Å²) in [5.41, 5.74) is 15.1. The average molecular weight is 1410 g/mol. The number of rotatable bonds is 19. The number of nitrogens with one attached hydrogen (secondary N) is 1. The molecular formula is C79H71N7O12S3. The van der Waals surface area contributed by atoms with Gasteiger partial charge in [0.1, 0.15) is 47.8 Å². The Labute approximate surface area is 594 Å². The lowest BCUT2D eigenvalue weighted by molar-refractivity contribution is -0.384. The molecule has 19 nitrogen and oxygen atoms in total. The van der Waals surface area contributed by atoms with Gasteiger partial charge in [-0.25, -0.2) is 0 Å². The van der Waals surface area contributed by atoms with E-state index in [1.54, 1.807) is 73.5 Å². The maximum absolute atomic E-state index is 10.9. The Morgan fingerprint density at radius 1 is 0.564 bits per heavy atom. The zero-order valence-electron chi connectivity index (χ0n) is 56.0. The van der Waals surface area contributed by atoms with Gasteiger partial charge in [0.15, 0.2) is 0 Å². The Bertz CT molecular complexity index is 5180. The number of thiophene rings is 3. The minimum atomic E-state index is -0.400. The van der Waals surface area contributed by atoms with Crippen LogP contribution < -0.4 is 18.9 Å². The van der Waals surface area contributed by atoms with Gasteiger partial charge in [0, 0.05) is 81.6 Å². The van der Waals surface area contributed by atoms with E-state index in [-0.39, 0.29) is 45.3 Å². The van der Waals surface area contributed by atoms with Crippen molar-refractivity contribution in [2.75, 3.05) is 41.8 Å². The first kappa shape index (κ1) is 71.5. The normalized spacial score (nSPS) is 12.7. The molecule has 8 aromatic carbocycles.